The fourth-order valence-corrected chi connectivity index (χ4v) is 3.57. The lowest BCUT2D eigenvalue weighted by atomic mass is 10.1. The van der Waals surface area contributed by atoms with Crippen LogP contribution in [-0.2, 0) is 6.42 Å². The van der Waals surface area contributed by atoms with Crippen LogP contribution in [0.15, 0.2) is 59.1 Å². The van der Waals surface area contributed by atoms with Gasteiger partial charge in [0.15, 0.2) is 0 Å². The van der Waals surface area contributed by atoms with Gasteiger partial charge in [0.05, 0.1) is 17.7 Å². The fourth-order valence-electron chi connectivity index (χ4n) is 3.10. The van der Waals surface area contributed by atoms with Gasteiger partial charge in [-0.05, 0) is 45.3 Å². The summed E-state index contributed by atoms with van der Waals surface area (Å²) in [5.41, 5.74) is 3.28. The summed E-state index contributed by atoms with van der Waals surface area (Å²) in [6.45, 7) is 0. The highest BCUT2D eigenvalue weighted by atomic mass is 79.9. The molecule has 1 aromatic heterocycles. The van der Waals surface area contributed by atoms with Crippen LogP contribution in [-0.4, -0.2) is 16.2 Å². The van der Waals surface area contributed by atoms with E-state index in [1.807, 2.05) is 42.5 Å². The smallest absolute Gasteiger partial charge is 0.127 e. The Kier molecular flexibility index (Phi) is 3.36. The lowest BCUT2D eigenvalue weighted by molar-refractivity contribution is 0.165. The Balaban J connectivity index is 1.71. The Hall–Kier alpha value is -1.91. The minimum Gasteiger partial charge on any atom is -0.390 e. The highest BCUT2D eigenvalue weighted by Gasteiger charge is 2.30. The Morgan fingerprint density at radius 2 is 1.91 bits per heavy atom. The van der Waals surface area contributed by atoms with Crippen molar-refractivity contribution in [3.8, 4) is 0 Å². The molecule has 0 spiro atoms. The highest BCUT2D eigenvalue weighted by molar-refractivity contribution is 9.10. The van der Waals surface area contributed by atoms with E-state index in [1.54, 1.807) is 0 Å². The van der Waals surface area contributed by atoms with Gasteiger partial charge >= 0.3 is 0 Å². The fraction of sp³-hybridized carbons (Fsp3) is 0.167. The lowest BCUT2D eigenvalue weighted by Crippen LogP contribution is -2.21. The van der Waals surface area contributed by atoms with E-state index < -0.39 is 6.10 Å². The molecule has 1 aliphatic rings. The van der Waals surface area contributed by atoms with Crippen molar-refractivity contribution in [3.05, 3.63) is 70.2 Å². The third kappa shape index (κ3) is 2.28. The van der Waals surface area contributed by atoms with Gasteiger partial charge in [0.1, 0.15) is 5.82 Å². The van der Waals surface area contributed by atoms with Gasteiger partial charge in [-0.2, -0.15) is 0 Å². The molecule has 0 radical (unpaired) electrons. The standard InChI is InChI=1S/C18H15BrN2O/c19-14-7-3-5-11-8-9-16(20-17(11)14)21-18-13-6-2-1-4-12(13)10-15(18)22/h1-9,15,18,22H,10H2,(H,20,21)/t15-,18+/m1/s1. The minimum absolute atomic E-state index is 0.108. The Bertz CT molecular complexity index is 849. The molecule has 4 rings (SSSR count). The van der Waals surface area contributed by atoms with E-state index in [2.05, 4.69) is 38.4 Å². The van der Waals surface area contributed by atoms with Crippen molar-refractivity contribution in [3.63, 3.8) is 0 Å². The molecule has 2 aromatic carbocycles. The maximum Gasteiger partial charge on any atom is 0.127 e. The summed E-state index contributed by atoms with van der Waals surface area (Å²) < 4.78 is 0.973. The number of pyridine rings is 1. The third-order valence-electron chi connectivity index (χ3n) is 4.18. The lowest BCUT2D eigenvalue weighted by Gasteiger charge is -2.19. The van der Waals surface area contributed by atoms with Gasteiger partial charge in [-0.1, -0.05) is 36.4 Å². The molecule has 0 unspecified atom stereocenters. The first-order valence-corrected chi connectivity index (χ1v) is 8.09. The van der Waals surface area contributed by atoms with E-state index in [-0.39, 0.29) is 6.04 Å². The average Bonchev–Trinajstić information content (AvgIpc) is 2.84. The average molecular weight is 355 g/mol. The second-order valence-electron chi connectivity index (χ2n) is 5.60. The summed E-state index contributed by atoms with van der Waals surface area (Å²) in [6.07, 6.45) is 0.264. The summed E-state index contributed by atoms with van der Waals surface area (Å²) in [5.74, 6) is 0.778. The minimum atomic E-state index is -0.422. The molecule has 0 aliphatic heterocycles. The summed E-state index contributed by atoms with van der Waals surface area (Å²) in [6, 6.07) is 18.1. The Morgan fingerprint density at radius 1 is 1.05 bits per heavy atom. The number of aliphatic hydroxyl groups excluding tert-OH is 1. The zero-order chi connectivity index (χ0) is 15.1. The molecule has 1 aliphatic carbocycles. The molecule has 2 N–H and O–H groups in total. The Labute approximate surface area is 137 Å². The van der Waals surface area contributed by atoms with Crippen molar-refractivity contribution in [2.24, 2.45) is 0 Å². The van der Waals surface area contributed by atoms with Crippen LogP contribution < -0.4 is 5.32 Å². The number of aromatic nitrogens is 1. The third-order valence-corrected chi connectivity index (χ3v) is 4.82. The van der Waals surface area contributed by atoms with Crippen LogP contribution in [0.3, 0.4) is 0 Å². The monoisotopic (exact) mass is 354 g/mol. The summed E-state index contributed by atoms with van der Waals surface area (Å²) >= 11 is 3.54. The van der Waals surface area contributed by atoms with Crippen molar-refractivity contribution in [2.75, 3.05) is 5.32 Å². The predicted octanol–water partition coefficient (Wildman–Crippen LogP) is 4.07. The first kappa shape index (κ1) is 13.7. The molecule has 22 heavy (non-hydrogen) atoms. The van der Waals surface area contributed by atoms with Gasteiger partial charge in [0.25, 0.3) is 0 Å². The molecule has 2 atom stereocenters. The molecule has 0 saturated heterocycles. The van der Waals surface area contributed by atoms with E-state index in [9.17, 15) is 5.11 Å². The van der Waals surface area contributed by atoms with Crippen LogP contribution in [0.1, 0.15) is 17.2 Å². The number of fused-ring (bicyclic) bond motifs is 2. The number of halogens is 1. The van der Waals surface area contributed by atoms with Crippen molar-refractivity contribution in [1.29, 1.82) is 0 Å². The number of benzene rings is 2. The molecule has 110 valence electrons. The van der Waals surface area contributed by atoms with Crippen LogP contribution in [0.4, 0.5) is 5.82 Å². The van der Waals surface area contributed by atoms with E-state index in [4.69, 9.17) is 0 Å². The molecule has 3 nitrogen and oxygen atoms in total. The van der Waals surface area contributed by atoms with E-state index >= 15 is 0 Å². The van der Waals surface area contributed by atoms with Gasteiger partial charge in [-0.3, -0.25) is 0 Å². The van der Waals surface area contributed by atoms with E-state index in [0.29, 0.717) is 6.42 Å². The van der Waals surface area contributed by atoms with Crippen LogP contribution in [0.5, 0.6) is 0 Å². The molecule has 1 heterocycles. The molecule has 3 aromatic rings. The largest absolute Gasteiger partial charge is 0.390 e. The first-order valence-electron chi connectivity index (χ1n) is 7.30. The molecular formula is C18H15BrN2O. The van der Waals surface area contributed by atoms with Crippen molar-refractivity contribution in [1.82, 2.24) is 4.98 Å². The SMILES string of the molecule is O[C@@H]1Cc2ccccc2[C@@H]1Nc1ccc2cccc(Br)c2n1. The number of para-hydroxylation sites is 1. The van der Waals surface area contributed by atoms with Gasteiger partial charge < -0.3 is 10.4 Å². The highest BCUT2D eigenvalue weighted by Crippen LogP contribution is 2.34. The number of rotatable bonds is 2. The van der Waals surface area contributed by atoms with Gasteiger partial charge in [0.2, 0.25) is 0 Å². The maximum absolute atomic E-state index is 10.3. The van der Waals surface area contributed by atoms with Gasteiger partial charge in [-0.25, -0.2) is 4.98 Å². The van der Waals surface area contributed by atoms with E-state index in [0.717, 1.165) is 26.8 Å². The predicted molar refractivity (Wildman–Crippen MR) is 92.0 cm³/mol. The molecule has 0 amide bonds. The van der Waals surface area contributed by atoms with Gasteiger partial charge in [0, 0.05) is 16.3 Å². The second kappa shape index (κ2) is 5.38. The van der Waals surface area contributed by atoms with Gasteiger partial charge in [-0.15, -0.1) is 0 Å². The summed E-state index contributed by atoms with van der Waals surface area (Å²) in [5, 5.41) is 14.8. The zero-order valence-corrected chi connectivity index (χ0v) is 13.4. The number of nitrogens with zero attached hydrogens (tertiary/aromatic N) is 1. The topological polar surface area (TPSA) is 45.1 Å². The molecule has 0 saturated carbocycles. The van der Waals surface area contributed by atoms with Crippen LogP contribution in [0.2, 0.25) is 0 Å². The first-order chi connectivity index (χ1) is 10.7. The quantitative estimate of drug-likeness (QED) is 0.729. The number of anilines is 1. The van der Waals surface area contributed by atoms with Crippen LogP contribution >= 0.6 is 15.9 Å². The van der Waals surface area contributed by atoms with Crippen molar-refractivity contribution in [2.45, 2.75) is 18.6 Å². The number of hydrogen-bond donors (Lipinski definition) is 2. The number of aliphatic hydroxyl groups is 1. The number of hydrogen-bond acceptors (Lipinski definition) is 3. The zero-order valence-electron chi connectivity index (χ0n) is 11.8. The Morgan fingerprint density at radius 3 is 2.82 bits per heavy atom. The summed E-state index contributed by atoms with van der Waals surface area (Å²) in [4.78, 5) is 4.68. The molecule has 0 bridgehead atoms. The van der Waals surface area contributed by atoms with Crippen LogP contribution in [0, 0.1) is 0 Å². The molecule has 4 heteroatoms. The van der Waals surface area contributed by atoms with Crippen LogP contribution in [0.25, 0.3) is 10.9 Å². The summed E-state index contributed by atoms with van der Waals surface area (Å²) in [7, 11) is 0. The normalized spacial score (nSPS) is 20.1. The van der Waals surface area contributed by atoms with Crippen molar-refractivity contribution < 1.29 is 5.11 Å². The van der Waals surface area contributed by atoms with Crippen molar-refractivity contribution >= 4 is 32.7 Å². The number of nitrogens with one attached hydrogen (secondary N) is 1. The molecule has 0 fully saturated rings. The maximum atomic E-state index is 10.3. The second-order valence-corrected chi connectivity index (χ2v) is 6.45. The van der Waals surface area contributed by atoms with E-state index in [1.165, 1.54) is 5.56 Å². The molecular weight excluding hydrogens is 340 g/mol.